The maximum atomic E-state index is 12.9. The molecule has 6 aliphatic heterocycles. The minimum atomic E-state index is -0.431. The van der Waals surface area contributed by atoms with E-state index in [-0.39, 0.29) is 0 Å². The fourth-order valence-electron chi connectivity index (χ4n) is 8.40. The molecule has 12 heteroatoms. The zero-order valence-corrected chi connectivity index (χ0v) is 30.7. The summed E-state index contributed by atoms with van der Waals surface area (Å²) in [4.78, 5) is 9.61. The predicted molar refractivity (Wildman–Crippen MR) is 204 cm³/mol. The Morgan fingerprint density at radius 3 is 1.54 bits per heavy atom. The average Bonchev–Trinajstić information content (AvgIpc) is 4.06. The van der Waals surface area contributed by atoms with E-state index in [2.05, 4.69) is 76.4 Å². The SMILES string of the molecule is FCc1ccc(-c2ccc(-c3cn([C@H]4CN5CCC4CC5)nn3)s2)cc1.FCc1cccc(-c2ccc(-c3cn([C@H]4CN5CCC4CC5)nn3)s2)c1. The van der Waals surface area contributed by atoms with Gasteiger partial charge in [-0.05, 0) is 116 Å². The highest BCUT2D eigenvalue weighted by atomic mass is 32.1. The summed E-state index contributed by atoms with van der Waals surface area (Å²) >= 11 is 3.39. The van der Waals surface area contributed by atoms with Crippen LogP contribution in [0.2, 0.25) is 0 Å². The van der Waals surface area contributed by atoms with E-state index in [4.69, 9.17) is 0 Å². The largest absolute Gasteiger partial charge is 0.301 e. The van der Waals surface area contributed by atoms with Gasteiger partial charge < -0.3 is 9.80 Å². The van der Waals surface area contributed by atoms with Gasteiger partial charge in [0.2, 0.25) is 0 Å². The van der Waals surface area contributed by atoms with Crippen molar-refractivity contribution in [2.24, 2.45) is 11.8 Å². The monoisotopic (exact) mass is 736 g/mol. The van der Waals surface area contributed by atoms with Crippen molar-refractivity contribution in [1.29, 1.82) is 0 Å². The van der Waals surface area contributed by atoms with Crippen molar-refractivity contribution in [3.05, 3.63) is 96.3 Å². The van der Waals surface area contributed by atoms with Crippen molar-refractivity contribution in [2.75, 3.05) is 39.3 Å². The Hall–Kier alpha value is -4.10. The van der Waals surface area contributed by atoms with E-state index in [0.717, 1.165) is 62.1 Å². The van der Waals surface area contributed by atoms with Crippen molar-refractivity contribution in [2.45, 2.75) is 51.1 Å². The van der Waals surface area contributed by atoms with Crippen molar-refractivity contribution in [3.63, 3.8) is 0 Å². The molecular weight excluding hydrogens is 695 g/mol. The molecule has 6 fully saturated rings. The van der Waals surface area contributed by atoms with E-state index >= 15 is 0 Å². The van der Waals surface area contributed by atoms with Gasteiger partial charge in [-0.25, -0.2) is 18.1 Å². The van der Waals surface area contributed by atoms with E-state index in [9.17, 15) is 8.78 Å². The fraction of sp³-hybridized carbons (Fsp3) is 0.400. The van der Waals surface area contributed by atoms with Crippen molar-refractivity contribution in [3.8, 4) is 42.0 Å². The van der Waals surface area contributed by atoms with Gasteiger partial charge in [-0.2, -0.15) is 0 Å². The summed E-state index contributed by atoms with van der Waals surface area (Å²) in [7, 11) is 0. The molecule has 10 heterocycles. The molecule has 2 aromatic carbocycles. The number of alkyl halides is 2. The first kappa shape index (κ1) is 33.7. The number of nitrogens with zero attached hydrogens (tertiary/aromatic N) is 8. The van der Waals surface area contributed by atoms with E-state index < -0.39 is 13.3 Å². The molecule has 268 valence electrons. The van der Waals surface area contributed by atoms with Crippen LogP contribution in [0.3, 0.4) is 0 Å². The highest BCUT2D eigenvalue weighted by Crippen LogP contribution is 2.39. The van der Waals surface area contributed by atoms with Crippen molar-refractivity contribution in [1.82, 2.24) is 39.8 Å². The van der Waals surface area contributed by atoms with Crippen LogP contribution < -0.4 is 0 Å². The number of aromatic nitrogens is 6. The minimum Gasteiger partial charge on any atom is -0.301 e. The molecular formula is C40H42F2N8S2. The minimum absolute atomic E-state index is 0.418. The smallest absolute Gasteiger partial charge is 0.123 e. The number of benzene rings is 2. The zero-order valence-electron chi connectivity index (χ0n) is 29.0. The van der Waals surface area contributed by atoms with Gasteiger partial charge in [-0.15, -0.1) is 32.9 Å². The molecule has 0 amide bonds. The summed E-state index contributed by atoms with van der Waals surface area (Å²) in [5.41, 5.74) is 5.47. The van der Waals surface area contributed by atoms with E-state index in [0.29, 0.717) is 23.2 Å². The summed E-state index contributed by atoms with van der Waals surface area (Å²) in [6.45, 7) is 6.28. The number of hydrogen-bond donors (Lipinski definition) is 0. The van der Waals surface area contributed by atoms with Crippen LogP contribution in [0.25, 0.3) is 42.0 Å². The number of hydrogen-bond acceptors (Lipinski definition) is 8. The van der Waals surface area contributed by atoms with E-state index in [1.165, 1.54) is 56.7 Å². The first-order valence-electron chi connectivity index (χ1n) is 18.4. The van der Waals surface area contributed by atoms with E-state index in [1.807, 2.05) is 48.5 Å². The van der Waals surface area contributed by atoms with Crippen LogP contribution in [0.15, 0.2) is 85.2 Å². The van der Waals surface area contributed by atoms with Gasteiger partial charge in [-0.1, -0.05) is 52.9 Å². The van der Waals surface area contributed by atoms with Gasteiger partial charge in [0.15, 0.2) is 0 Å². The molecule has 6 saturated heterocycles. The van der Waals surface area contributed by atoms with E-state index in [1.54, 1.807) is 22.7 Å². The van der Waals surface area contributed by atoms with Gasteiger partial charge in [0.05, 0.1) is 34.2 Å². The number of thiophene rings is 2. The standard InChI is InChI=1S/2C20H21FN4S/c21-11-14-1-3-16(4-2-14)19-5-6-20(26-19)17-12-25(23-22-17)18-13-24-9-7-15(18)8-10-24;21-11-14-2-1-3-16(10-14)19-4-5-20(26-19)17-12-25(23-22-17)18-13-24-8-6-15(18)7-9-24/h1-6,12,15,18H,7-11,13H2;1-5,10,12,15,18H,6-9,11,13H2/t2*18-/m00/s1. The summed E-state index contributed by atoms with van der Waals surface area (Å²) in [5, 5.41) is 17.8. The molecule has 6 aromatic rings. The summed E-state index contributed by atoms with van der Waals surface area (Å²) in [5.74, 6) is 1.47. The normalized spacial score (nSPS) is 24.9. The van der Waals surface area contributed by atoms with Crippen molar-refractivity contribution >= 4 is 22.7 Å². The molecule has 4 bridgehead atoms. The number of rotatable bonds is 8. The predicted octanol–water partition coefficient (Wildman–Crippen LogP) is 8.82. The van der Waals surface area contributed by atoms with Gasteiger partial charge in [-0.3, -0.25) is 0 Å². The molecule has 4 aromatic heterocycles. The molecule has 52 heavy (non-hydrogen) atoms. The Morgan fingerprint density at radius 2 is 1.06 bits per heavy atom. The second-order valence-corrected chi connectivity index (χ2v) is 16.7. The maximum Gasteiger partial charge on any atom is 0.123 e. The Morgan fingerprint density at radius 1 is 0.558 bits per heavy atom. The molecule has 8 nitrogen and oxygen atoms in total. The third kappa shape index (κ3) is 6.89. The molecule has 0 N–H and O–H groups in total. The second-order valence-electron chi connectivity index (χ2n) is 14.6. The highest BCUT2D eigenvalue weighted by molar-refractivity contribution is 7.19. The maximum absolute atomic E-state index is 12.9. The van der Waals surface area contributed by atoms with Gasteiger partial charge in [0, 0.05) is 22.8 Å². The van der Waals surface area contributed by atoms with Crippen LogP contribution in [0.1, 0.15) is 48.9 Å². The third-order valence-electron chi connectivity index (χ3n) is 11.4. The Bertz CT molecular complexity index is 2100. The molecule has 2 atom stereocenters. The molecule has 12 rings (SSSR count). The van der Waals surface area contributed by atoms with Crippen LogP contribution in [0.4, 0.5) is 8.78 Å². The second kappa shape index (κ2) is 14.7. The molecule has 0 unspecified atom stereocenters. The number of piperidine rings is 6. The Labute approximate surface area is 310 Å². The number of halogens is 2. The average molecular weight is 737 g/mol. The summed E-state index contributed by atoms with van der Waals surface area (Å²) < 4.78 is 29.8. The Kier molecular flexibility index (Phi) is 9.55. The number of fused-ring (bicyclic) bond motifs is 6. The molecule has 0 aliphatic carbocycles. The van der Waals surface area contributed by atoms with Gasteiger partial charge in [0.1, 0.15) is 24.7 Å². The van der Waals surface area contributed by atoms with Crippen LogP contribution in [0, 0.1) is 11.8 Å². The molecule has 0 radical (unpaired) electrons. The Balaban J connectivity index is 0.000000138. The summed E-state index contributed by atoms with van der Waals surface area (Å²) in [6.07, 6.45) is 9.30. The summed E-state index contributed by atoms with van der Waals surface area (Å²) in [6, 6.07) is 24.6. The third-order valence-corrected chi connectivity index (χ3v) is 13.7. The highest BCUT2D eigenvalue weighted by Gasteiger charge is 2.37. The van der Waals surface area contributed by atoms with Crippen LogP contribution in [0.5, 0.6) is 0 Å². The zero-order chi connectivity index (χ0) is 35.0. The lowest BCUT2D eigenvalue weighted by molar-refractivity contribution is 0.0504. The van der Waals surface area contributed by atoms with Crippen LogP contribution in [-0.4, -0.2) is 79.1 Å². The van der Waals surface area contributed by atoms with Gasteiger partial charge >= 0.3 is 0 Å². The lowest BCUT2D eigenvalue weighted by Crippen LogP contribution is -2.48. The van der Waals surface area contributed by atoms with Crippen molar-refractivity contribution < 1.29 is 8.78 Å². The first-order chi connectivity index (χ1) is 25.6. The van der Waals surface area contributed by atoms with Gasteiger partial charge in [0.25, 0.3) is 0 Å². The fourth-order valence-corrected chi connectivity index (χ4v) is 10.3. The quantitative estimate of drug-likeness (QED) is 0.156. The topological polar surface area (TPSA) is 67.9 Å². The lowest BCUT2D eigenvalue weighted by atomic mass is 9.84. The molecule has 0 saturated carbocycles. The first-order valence-corrected chi connectivity index (χ1v) is 20.0. The molecule has 0 spiro atoms. The van der Waals surface area contributed by atoms with Crippen LogP contribution in [-0.2, 0) is 13.3 Å². The lowest BCUT2D eigenvalue weighted by Gasteiger charge is -2.44. The van der Waals surface area contributed by atoms with Crippen LogP contribution >= 0.6 is 22.7 Å². The molecule has 6 aliphatic rings.